The normalized spacial score (nSPS) is 25.9. The molecule has 1 amide bonds. The van der Waals surface area contributed by atoms with E-state index in [1.807, 2.05) is 19.9 Å². The number of carboxylic acid groups (broad SMARTS) is 1. The van der Waals surface area contributed by atoms with Crippen LogP contribution in [0.4, 0.5) is 0 Å². The first-order valence-electron chi connectivity index (χ1n) is 5.66. The molecule has 1 saturated heterocycles. The Bertz CT molecular complexity index is 322. The number of rotatable bonds is 3. The van der Waals surface area contributed by atoms with Crippen molar-refractivity contribution in [2.75, 3.05) is 13.1 Å². The smallest absolute Gasteiger partial charge is 0.308 e. The van der Waals surface area contributed by atoms with Gasteiger partial charge in [0.15, 0.2) is 0 Å². The minimum atomic E-state index is -0.806. The van der Waals surface area contributed by atoms with Crippen molar-refractivity contribution in [3.05, 3.63) is 11.6 Å². The molecule has 1 rings (SSSR count). The SMILES string of the molecule is CCC=C(C)C(=O)N1CC(C)C(C(=O)O)C1. The number of nitrogens with zero attached hydrogens (tertiary/aromatic N) is 1. The molecule has 0 radical (unpaired) electrons. The minimum Gasteiger partial charge on any atom is -0.481 e. The van der Waals surface area contributed by atoms with Crippen molar-refractivity contribution < 1.29 is 14.7 Å². The Kier molecular flexibility index (Phi) is 4.10. The molecular formula is C12H19NO3. The molecule has 0 aromatic carbocycles. The lowest BCUT2D eigenvalue weighted by Gasteiger charge is -2.16. The van der Waals surface area contributed by atoms with Gasteiger partial charge in [-0.2, -0.15) is 0 Å². The lowest BCUT2D eigenvalue weighted by molar-refractivity contribution is -0.142. The Labute approximate surface area is 95.9 Å². The third-order valence-corrected chi connectivity index (χ3v) is 3.06. The summed E-state index contributed by atoms with van der Waals surface area (Å²) >= 11 is 0. The number of carboxylic acids is 1. The summed E-state index contributed by atoms with van der Waals surface area (Å²) < 4.78 is 0. The van der Waals surface area contributed by atoms with E-state index in [-0.39, 0.29) is 11.8 Å². The number of likely N-dealkylation sites (tertiary alicyclic amines) is 1. The van der Waals surface area contributed by atoms with Gasteiger partial charge in [0.1, 0.15) is 0 Å². The van der Waals surface area contributed by atoms with Crippen LogP contribution in [0.2, 0.25) is 0 Å². The van der Waals surface area contributed by atoms with Gasteiger partial charge in [-0.15, -0.1) is 0 Å². The summed E-state index contributed by atoms with van der Waals surface area (Å²) in [6, 6.07) is 0. The van der Waals surface area contributed by atoms with Crippen LogP contribution in [0, 0.1) is 11.8 Å². The van der Waals surface area contributed by atoms with Crippen molar-refractivity contribution in [3.8, 4) is 0 Å². The van der Waals surface area contributed by atoms with E-state index in [1.54, 1.807) is 11.8 Å². The average Bonchev–Trinajstić information content (AvgIpc) is 2.59. The molecule has 0 aromatic rings. The lowest BCUT2D eigenvalue weighted by Crippen LogP contribution is -2.30. The summed E-state index contributed by atoms with van der Waals surface area (Å²) in [6.07, 6.45) is 2.70. The quantitative estimate of drug-likeness (QED) is 0.741. The summed E-state index contributed by atoms with van der Waals surface area (Å²) in [7, 11) is 0. The molecule has 2 atom stereocenters. The number of amides is 1. The molecular weight excluding hydrogens is 206 g/mol. The highest BCUT2D eigenvalue weighted by Crippen LogP contribution is 2.24. The molecule has 1 heterocycles. The van der Waals surface area contributed by atoms with E-state index in [9.17, 15) is 9.59 Å². The van der Waals surface area contributed by atoms with Crippen LogP contribution in [0.1, 0.15) is 27.2 Å². The van der Waals surface area contributed by atoms with Crippen molar-refractivity contribution in [1.82, 2.24) is 4.90 Å². The first-order chi connectivity index (χ1) is 7.47. The van der Waals surface area contributed by atoms with E-state index in [1.165, 1.54) is 0 Å². The van der Waals surface area contributed by atoms with Gasteiger partial charge in [0.25, 0.3) is 0 Å². The Balaban J connectivity index is 2.69. The molecule has 0 aliphatic carbocycles. The van der Waals surface area contributed by atoms with Crippen LogP contribution in [0.5, 0.6) is 0 Å². The molecule has 2 unspecified atom stereocenters. The predicted octanol–water partition coefficient (Wildman–Crippen LogP) is 1.52. The Morgan fingerprint density at radius 3 is 2.50 bits per heavy atom. The Hall–Kier alpha value is -1.32. The number of hydrogen-bond acceptors (Lipinski definition) is 2. The largest absolute Gasteiger partial charge is 0.481 e. The Morgan fingerprint density at radius 1 is 1.44 bits per heavy atom. The molecule has 0 aromatic heterocycles. The first kappa shape index (κ1) is 12.7. The zero-order valence-corrected chi connectivity index (χ0v) is 10.1. The molecule has 1 aliphatic rings. The van der Waals surface area contributed by atoms with Crippen molar-refractivity contribution in [1.29, 1.82) is 0 Å². The highest BCUT2D eigenvalue weighted by atomic mass is 16.4. The van der Waals surface area contributed by atoms with Gasteiger partial charge >= 0.3 is 5.97 Å². The van der Waals surface area contributed by atoms with Crippen LogP contribution in [0.15, 0.2) is 11.6 Å². The second-order valence-corrected chi connectivity index (χ2v) is 4.43. The number of carbonyl (C=O) groups is 2. The van der Waals surface area contributed by atoms with E-state index in [4.69, 9.17) is 5.11 Å². The fraction of sp³-hybridized carbons (Fsp3) is 0.667. The second-order valence-electron chi connectivity index (χ2n) is 4.43. The molecule has 0 saturated carbocycles. The molecule has 1 N–H and O–H groups in total. The maximum absolute atomic E-state index is 11.9. The summed E-state index contributed by atoms with van der Waals surface area (Å²) in [4.78, 5) is 24.5. The number of hydrogen-bond donors (Lipinski definition) is 1. The Morgan fingerprint density at radius 2 is 2.06 bits per heavy atom. The average molecular weight is 225 g/mol. The fourth-order valence-electron chi connectivity index (χ4n) is 2.10. The fourth-order valence-corrected chi connectivity index (χ4v) is 2.10. The van der Waals surface area contributed by atoms with E-state index in [0.29, 0.717) is 18.7 Å². The number of aliphatic carboxylic acids is 1. The summed E-state index contributed by atoms with van der Waals surface area (Å²) in [5, 5.41) is 8.97. The van der Waals surface area contributed by atoms with Gasteiger partial charge in [-0.05, 0) is 19.3 Å². The summed E-state index contributed by atoms with van der Waals surface area (Å²) in [5.74, 6) is -1.22. The summed E-state index contributed by atoms with van der Waals surface area (Å²) in [6.45, 7) is 6.52. The monoisotopic (exact) mass is 225 g/mol. The lowest BCUT2D eigenvalue weighted by atomic mass is 9.99. The highest BCUT2D eigenvalue weighted by Gasteiger charge is 2.36. The van der Waals surface area contributed by atoms with E-state index in [0.717, 1.165) is 6.42 Å². The van der Waals surface area contributed by atoms with Crippen molar-refractivity contribution >= 4 is 11.9 Å². The molecule has 1 fully saturated rings. The molecule has 4 heteroatoms. The molecule has 4 nitrogen and oxygen atoms in total. The second kappa shape index (κ2) is 5.14. The molecule has 16 heavy (non-hydrogen) atoms. The van der Waals surface area contributed by atoms with Crippen LogP contribution < -0.4 is 0 Å². The van der Waals surface area contributed by atoms with Crippen LogP contribution in [0.3, 0.4) is 0 Å². The van der Waals surface area contributed by atoms with Crippen LogP contribution in [-0.2, 0) is 9.59 Å². The molecule has 0 spiro atoms. The zero-order valence-electron chi connectivity index (χ0n) is 10.1. The van der Waals surface area contributed by atoms with E-state index in [2.05, 4.69) is 0 Å². The van der Waals surface area contributed by atoms with Crippen molar-refractivity contribution in [2.45, 2.75) is 27.2 Å². The van der Waals surface area contributed by atoms with Crippen LogP contribution in [0.25, 0.3) is 0 Å². The number of carbonyl (C=O) groups excluding carboxylic acids is 1. The maximum atomic E-state index is 11.9. The summed E-state index contributed by atoms with van der Waals surface area (Å²) in [5.41, 5.74) is 0.709. The highest BCUT2D eigenvalue weighted by molar-refractivity contribution is 5.93. The van der Waals surface area contributed by atoms with Crippen molar-refractivity contribution in [2.24, 2.45) is 11.8 Å². The van der Waals surface area contributed by atoms with Gasteiger partial charge < -0.3 is 10.0 Å². The van der Waals surface area contributed by atoms with E-state index < -0.39 is 11.9 Å². The van der Waals surface area contributed by atoms with Gasteiger partial charge in [-0.25, -0.2) is 0 Å². The maximum Gasteiger partial charge on any atom is 0.308 e. The first-order valence-corrected chi connectivity index (χ1v) is 5.66. The van der Waals surface area contributed by atoms with E-state index >= 15 is 0 Å². The van der Waals surface area contributed by atoms with Gasteiger partial charge in [0.2, 0.25) is 5.91 Å². The third kappa shape index (κ3) is 2.62. The topological polar surface area (TPSA) is 57.6 Å². The molecule has 90 valence electrons. The zero-order chi connectivity index (χ0) is 12.3. The third-order valence-electron chi connectivity index (χ3n) is 3.06. The van der Waals surface area contributed by atoms with Crippen molar-refractivity contribution in [3.63, 3.8) is 0 Å². The standard InChI is InChI=1S/C12H19NO3/c1-4-5-8(2)11(14)13-6-9(3)10(7-13)12(15)16/h5,9-10H,4,6-7H2,1-3H3,(H,15,16). The van der Waals surface area contributed by atoms with Gasteiger partial charge in [0.05, 0.1) is 5.92 Å². The minimum absolute atomic E-state index is 0.0301. The number of allylic oxidation sites excluding steroid dienone is 1. The van der Waals surface area contributed by atoms with Gasteiger partial charge in [0, 0.05) is 18.7 Å². The molecule has 0 bridgehead atoms. The molecule has 1 aliphatic heterocycles. The van der Waals surface area contributed by atoms with Gasteiger partial charge in [-0.3, -0.25) is 9.59 Å². The van der Waals surface area contributed by atoms with Crippen LogP contribution >= 0.6 is 0 Å². The predicted molar refractivity (Wildman–Crippen MR) is 60.9 cm³/mol. The van der Waals surface area contributed by atoms with Gasteiger partial charge in [-0.1, -0.05) is 19.9 Å². The van der Waals surface area contributed by atoms with Crippen LogP contribution in [-0.4, -0.2) is 35.0 Å².